The van der Waals surface area contributed by atoms with Crippen molar-refractivity contribution in [1.29, 1.82) is 0 Å². The maximum absolute atomic E-state index is 12.0. The highest BCUT2D eigenvalue weighted by Crippen LogP contribution is 2.32. The van der Waals surface area contributed by atoms with Crippen molar-refractivity contribution in [3.05, 3.63) is 66.0 Å². The van der Waals surface area contributed by atoms with Crippen LogP contribution in [0, 0.1) is 0 Å². The number of methoxy groups -OCH3 is 1. The molecule has 4 saturated heterocycles. The average Bonchev–Trinajstić information content (AvgIpc) is 3.35. The number of piperidine rings is 4. The Hall–Kier alpha value is -4.15. The van der Waals surface area contributed by atoms with E-state index < -0.39 is 15.6 Å². The van der Waals surface area contributed by atoms with E-state index in [0.29, 0.717) is 98.7 Å². The molecule has 4 aliphatic heterocycles. The summed E-state index contributed by atoms with van der Waals surface area (Å²) in [6, 6.07) is 0. The Balaban J connectivity index is 0.000000178. The second-order valence-corrected chi connectivity index (χ2v) is 23.3. The highest BCUT2D eigenvalue weighted by Gasteiger charge is 2.30. The molecule has 0 spiro atoms. The molecule has 0 saturated carbocycles. The predicted octanol–water partition coefficient (Wildman–Crippen LogP) is 6.95. The predicted molar refractivity (Wildman–Crippen MR) is 286 cm³/mol. The highest BCUT2D eigenvalue weighted by atomic mass is 79.9. The molecule has 4 aromatic rings. The topological polar surface area (TPSA) is 316 Å². The van der Waals surface area contributed by atoms with Gasteiger partial charge in [-0.1, -0.05) is 0 Å². The Bertz CT molecular complexity index is 2520. The number of carbonyl (C=O) groups is 2. The zero-order chi connectivity index (χ0) is 52.0. The van der Waals surface area contributed by atoms with Crippen molar-refractivity contribution in [2.24, 2.45) is 0 Å². The van der Waals surface area contributed by atoms with Crippen LogP contribution < -0.4 is 28.3 Å². The Morgan fingerprint density at radius 3 is 1.14 bits per heavy atom. The number of hydrogen-bond donors (Lipinski definition) is 5. The van der Waals surface area contributed by atoms with Crippen molar-refractivity contribution in [2.75, 3.05) is 88.7 Å². The minimum atomic E-state index is -3.08. The van der Waals surface area contributed by atoms with E-state index >= 15 is 0 Å². The first-order chi connectivity index (χ1) is 33.5. The van der Waals surface area contributed by atoms with Gasteiger partial charge in [0.1, 0.15) is 24.0 Å². The number of nitrogen functional groups attached to an aromatic ring is 4. The van der Waals surface area contributed by atoms with Crippen molar-refractivity contribution < 1.29 is 27.5 Å². The lowest BCUT2D eigenvalue weighted by Gasteiger charge is -2.33. The smallest absolute Gasteiger partial charge is 0.410 e. The zero-order valence-electron chi connectivity index (χ0n) is 40.5. The summed E-state index contributed by atoms with van der Waals surface area (Å²) in [7, 11) is -1.68. The summed E-state index contributed by atoms with van der Waals surface area (Å²) in [6.45, 7) is 11.5. The van der Waals surface area contributed by atoms with Crippen LogP contribution >= 0.6 is 63.7 Å². The second-order valence-electron chi connectivity index (χ2n) is 18.3. The van der Waals surface area contributed by atoms with Gasteiger partial charge in [0.25, 0.3) is 0 Å². The van der Waals surface area contributed by atoms with E-state index in [1.54, 1.807) is 34.6 Å². The highest BCUT2D eigenvalue weighted by molar-refractivity contribution is 9.11. The number of hydrogen-bond acceptors (Lipinski definition) is 19. The fourth-order valence-electron chi connectivity index (χ4n) is 8.11. The van der Waals surface area contributed by atoms with Crippen molar-refractivity contribution in [3.8, 4) is 0 Å². The Labute approximate surface area is 449 Å². The average molecular weight is 1260 g/mol. The molecule has 0 unspecified atom stereocenters. The van der Waals surface area contributed by atoms with Crippen molar-refractivity contribution in [2.45, 2.75) is 101 Å². The van der Waals surface area contributed by atoms with Crippen LogP contribution in [-0.4, -0.2) is 146 Å². The first-order valence-electron chi connectivity index (χ1n) is 23.1. The van der Waals surface area contributed by atoms with E-state index in [9.17, 15) is 18.0 Å². The van der Waals surface area contributed by atoms with Crippen molar-refractivity contribution in [3.63, 3.8) is 0 Å². The van der Waals surface area contributed by atoms with Gasteiger partial charge in [0.05, 0.1) is 60.9 Å². The van der Waals surface area contributed by atoms with Gasteiger partial charge >= 0.3 is 12.2 Å². The summed E-state index contributed by atoms with van der Waals surface area (Å²) in [5.74, 6) is 3.00. The molecule has 9 N–H and O–H groups in total. The molecule has 4 fully saturated rings. The molecule has 8 heterocycles. The van der Waals surface area contributed by atoms with Crippen LogP contribution in [-0.2, 0) is 19.5 Å². The van der Waals surface area contributed by atoms with E-state index in [1.807, 2.05) is 20.8 Å². The van der Waals surface area contributed by atoms with Gasteiger partial charge in [-0.05, 0) is 149 Å². The number of nitrogens with one attached hydrogen (secondary N) is 1. The molecule has 390 valence electrons. The van der Waals surface area contributed by atoms with E-state index in [0.717, 1.165) is 87.2 Å². The molecular formula is C44H64Br4N16O6S. The van der Waals surface area contributed by atoms with Gasteiger partial charge in [-0.25, -0.2) is 62.2 Å². The van der Waals surface area contributed by atoms with Crippen molar-refractivity contribution >= 4 is 109 Å². The van der Waals surface area contributed by atoms with Gasteiger partial charge in [0.2, 0.25) is 10.0 Å². The van der Waals surface area contributed by atoms with E-state index in [4.69, 9.17) is 32.4 Å². The molecule has 0 aromatic carbocycles. The number of nitrogens with two attached hydrogens (primary N) is 4. The first kappa shape index (κ1) is 57.7. The molecule has 22 nitrogen and oxygen atoms in total. The monoisotopic (exact) mass is 1260 g/mol. The molecule has 0 aliphatic carbocycles. The van der Waals surface area contributed by atoms with Gasteiger partial charge in [0, 0.05) is 62.9 Å². The summed E-state index contributed by atoms with van der Waals surface area (Å²) in [4.78, 5) is 60.7. The standard InChI is InChI=1S/C14H21BrN4O2.C11H15BrN4O2.C10H15BrN4O2S.C9H13BrN4/c1-14(2,3)21-13(20)19-6-4-9(5-7-19)10-8-17-12(16)11(15)18-10;1-18-11(17)16-4-2-7(3-5-16)8-6-14-10(13)9(12)15-8;1-18(16,17)15-4-2-7(3-5-15)8-6-13-10(12)9(11)14-8;10-8-9(11)13-5-7(14-8)6-1-3-12-4-2-6/h8-9H,4-7H2,1-3H3,(H2,16,17);6-7H,2-5H2,1H3,(H2,13,14);6-7H,2-5H2,1H3,(H2,12,13);5-6,12H,1-4H2,(H2,11,13). The maximum Gasteiger partial charge on any atom is 0.410 e. The van der Waals surface area contributed by atoms with Crippen LogP contribution in [0.3, 0.4) is 0 Å². The Morgan fingerprint density at radius 1 is 0.563 bits per heavy atom. The fourth-order valence-corrected chi connectivity index (χ4v) is 10.2. The molecule has 27 heteroatoms. The summed E-state index contributed by atoms with van der Waals surface area (Å²) >= 11 is 13.1. The normalized spacial score (nSPS) is 17.6. The van der Waals surface area contributed by atoms with E-state index in [-0.39, 0.29) is 18.1 Å². The zero-order valence-corrected chi connectivity index (χ0v) is 47.7. The summed E-state index contributed by atoms with van der Waals surface area (Å²) < 4.78 is 36.8. The number of anilines is 4. The number of sulfonamides is 1. The molecule has 0 bridgehead atoms. The molecule has 4 aromatic heterocycles. The van der Waals surface area contributed by atoms with Gasteiger partial charge in [-0.2, -0.15) is 0 Å². The number of nitrogens with zero attached hydrogens (tertiary/aromatic N) is 11. The minimum Gasteiger partial charge on any atom is -0.453 e. The number of halogens is 4. The number of amides is 2. The lowest BCUT2D eigenvalue weighted by atomic mass is 9.94. The minimum absolute atomic E-state index is 0.243. The lowest BCUT2D eigenvalue weighted by Crippen LogP contribution is -2.41. The third kappa shape index (κ3) is 17.8. The molecule has 8 rings (SSSR count). The molecule has 2 amide bonds. The van der Waals surface area contributed by atoms with E-state index in [1.165, 1.54) is 17.7 Å². The fraction of sp³-hybridized carbons (Fsp3) is 0.591. The first-order valence-corrected chi connectivity index (χ1v) is 28.1. The quantitative estimate of drug-likeness (QED) is 0.135. The van der Waals surface area contributed by atoms with Crippen LogP contribution in [0.4, 0.5) is 32.9 Å². The van der Waals surface area contributed by atoms with Crippen LogP contribution in [0.25, 0.3) is 0 Å². The Kier molecular flexibility index (Phi) is 21.7. The molecule has 4 aliphatic rings. The van der Waals surface area contributed by atoms with Crippen LogP contribution in [0.2, 0.25) is 0 Å². The number of carbonyl (C=O) groups excluding carboxylic acids is 2. The lowest BCUT2D eigenvalue weighted by molar-refractivity contribution is 0.0203. The van der Waals surface area contributed by atoms with E-state index in [2.05, 4.69) is 109 Å². The molecule has 0 atom stereocenters. The number of ether oxygens (including phenoxy) is 2. The summed E-state index contributed by atoms with van der Waals surface area (Å²) in [6.07, 6.45) is 14.8. The third-order valence-corrected chi connectivity index (χ3v) is 15.7. The van der Waals surface area contributed by atoms with Crippen molar-refractivity contribution in [1.82, 2.24) is 59.3 Å². The Morgan fingerprint density at radius 2 is 0.859 bits per heavy atom. The summed E-state index contributed by atoms with van der Waals surface area (Å²) in [5.41, 5.74) is 25.7. The molecular weight excluding hydrogens is 1200 g/mol. The van der Waals surface area contributed by atoms with Gasteiger partial charge < -0.3 is 47.5 Å². The van der Waals surface area contributed by atoms with Gasteiger partial charge in [0.15, 0.2) is 23.3 Å². The number of likely N-dealkylation sites (tertiary alicyclic amines) is 2. The van der Waals surface area contributed by atoms with Crippen LogP contribution in [0.1, 0.15) is 119 Å². The van der Waals surface area contributed by atoms with Crippen LogP contribution in [0.5, 0.6) is 0 Å². The molecule has 71 heavy (non-hydrogen) atoms. The van der Waals surface area contributed by atoms with Crippen LogP contribution in [0.15, 0.2) is 43.2 Å². The van der Waals surface area contributed by atoms with Gasteiger partial charge in [-0.3, -0.25) is 0 Å². The second kappa shape index (κ2) is 26.7. The third-order valence-electron chi connectivity index (χ3n) is 12.1. The van der Waals surface area contributed by atoms with Gasteiger partial charge in [-0.15, -0.1) is 0 Å². The maximum atomic E-state index is 12.0. The number of rotatable bonds is 5. The molecule has 0 radical (unpaired) electrons. The largest absolute Gasteiger partial charge is 0.453 e. The number of aromatic nitrogens is 8. The summed E-state index contributed by atoms with van der Waals surface area (Å²) in [5, 5.41) is 3.33. The SMILES string of the molecule is CC(C)(C)OC(=O)N1CCC(c2cnc(N)c(Br)n2)CC1.COC(=O)N1CCC(c2cnc(N)c(Br)n2)CC1.CS(=O)(=O)N1CCC(c2cnc(N)c(Br)n2)CC1.Nc1ncc(C2CCNCC2)nc1Br.